The van der Waals surface area contributed by atoms with Gasteiger partial charge in [0.05, 0.1) is 35.0 Å². The van der Waals surface area contributed by atoms with Crippen molar-refractivity contribution < 1.29 is 23.1 Å². The molecule has 10 heteroatoms. The SMILES string of the molecule is CC1SC(c2cc(Cl)cc(C(F)(F)F)c2)=NC1Cn1cc(C(=O)O)cn1. The van der Waals surface area contributed by atoms with Crippen molar-refractivity contribution in [3.8, 4) is 0 Å². The van der Waals surface area contributed by atoms with Crippen LogP contribution < -0.4 is 0 Å². The van der Waals surface area contributed by atoms with Crippen LogP contribution in [0.4, 0.5) is 13.2 Å². The highest BCUT2D eigenvalue weighted by molar-refractivity contribution is 8.15. The van der Waals surface area contributed by atoms with E-state index in [1.165, 1.54) is 34.9 Å². The number of hydrogen-bond donors (Lipinski definition) is 1. The number of nitrogens with zero attached hydrogens (tertiary/aromatic N) is 3. The predicted octanol–water partition coefficient (Wildman–Crippen LogP) is 4.20. The van der Waals surface area contributed by atoms with E-state index in [1.54, 1.807) is 0 Å². The molecule has 26 heavy (non-hydrogen) atoms. The quantitative estimate of drug-likeness (QED) is 0.830. The topological polar surface area (TPSA) is 67.5 Å². The van der Waals surface area contributed by atoms with Gasteiger partial charge in [-0.2, -0.15) is 18.3 Å². The Balaban J connectivity index is 1.84. The molecular formula is C16H13ClF3N3O2S. The summed E-state index contributed by atoms with van der Waals surface area (Å²) in [6.45, 7) is 2.24. The van der Waals surface area contributed by atoms with Crippen molar-refractivity contribution in [1.82, 2.24) is 9.78 Å². The Morgan fingerprint density at radius 1 is 1.38 bits per heavy atom. The molecular weight excluding hydrogens is 391 g/mol. The fraction of sp³-hybridized carbons (Fsp3) is 0.312. The van der Waals surface area contributed by atoms with Crippen molar-refractivity contribution in [3.63, 3.8) is 0 Å². The molecule has 1 N–H and O–H groups in total. The summed E-state index contributed by atoms with van der Waals surface area (Å²) in [6, 6.07) is 3.12. The summed E-state index contributed by atoms with van der Waals surface area (Å²) in [4.78, 5) is 15.4. The van der Waals surface area contributed by atoms with Crippen molar-refractivity contribution in [3.05, 3.63) is 52.3 Å². The van der Waals surface area contributed by atoms with Gasteiger partial charge in [0.2, 0.25) is 0 Å². The minimum absolute atomic E-state index is 0.00389. The molecule has 1 aromatic heterocycles. The zero-order valence-electron chi connectivity index (χ0n) is 13.4. The van der Waals surface area contributed by atoms with Crippen LogP contribution in [0.5, 0.6) is 0 Å². The third-order valence-corrected chi connectivity index (χ3v) is 5.32. The normalized spacial score (nSPS) is 20.3. The van der Waals surface area contributed by atoms with Gasteiger partial charge >= 0.3 is 12.1 Å². The van der Waals surface area contributed by atoms with Crippen molar-refractivity contribution in [2.75, 3.05) is 0 Å². The van der Waals surface area contributed by atoms with Crippen LogP contribution in [-0.2, 0) is 12.7 Å². The average molecular weight is 404 g/mol. The van der Waals surface area contributed by atoms with Crippen LogP contribution in [0, 0.1) is 0 Å². The van der Waals surface area contributed by atoms with Gasteiger partial charge in [0.1, 0.15) is 0 Å². The van der Waals surface area contributed by atoms with E-state index >= 15 is 0 Å². The van der Waals surface area contributed by atoms with Crippen molar-refractivity contribution in [2.45, 2.75) is 30.9 Å². The highest BCUT2D eigenvalue weighted by atomic mass is 35.5. The number of alkyl halides is 3. The molecule has 0 fully saturated rings. The number of thioether (sulfide) groups is 1. The van der Waals surface area contributed by atoms with Gasteiger partial charge in [0, 0.05) is 22.0 Å². The Labute approximate surface area is 155 Å². The van der Waals surface area contributed by atoms with E-state index in [-0.39, 0.29) is 21.9 Å². The van der Waals surface area contributed by atoms with Crippen molar-refractivity contribution in [1.29, 1.82) is 0 Å². The van der Waals surface area contributed by atoms with Crippen LogP contribution in [0.2, 0.25) is 5.02 Å². The standard InChI is InChI=1S/C16H13ClF3N3O2S/c1-8-13(7-23-6-10(5-21-23)15(24)25)22-14(26-8)9-2-11(16(18,19)20)4-12(17)3-9/h2-6,8,13H,7H2,1H3,(H,24,25). The number of carboxylic acids is 1. The number of aliphatic imine (C=N–C) groups is 1. The maximum Gasteiger partial charge on any atom is 0.416 e. The number of aromatic carboxylic acids is 1. The summed E-state index contributed by atoms with van der Waals surface area (Å²) in [5.74, 6) is -1.08. The van der Waals surface area contributed by atoms with Gasteiger partial charge in [-0.25, -0.2) is 4.79 Å². The van der Waals surface area contributed by atoms with E-state index in [0.29, 0.717) is 17.2 Å². The highest BCUT2D eigenvalue weighted by Crippen LogP contribution is 2.36. The lowest BCUT2D eigenvalue weighted by Gasteiger charge is -2.11. The van der Waals surface area contributed by atoms with Crippen molar-refractivity contribution >= 4 is 34.4 Å². The van der Waals surface area contributed by atoms with Crippen LogP contribution in [0.25, 0.3) is 0 Å². The van der Waals surface area contributed by atoms with E-state index in [2.05, 4.69) is 10.1 Å². The molecule has 0 spiro atoms. The zero-order valence-corrected chi connectivity index (χ0v) is 14.9. The van der Waals surface area contributed by atoms with Gasteiger partial charge in [-0.05, 0) is 18.2 Å². The summed E-state index contributed by atoms with van der Waals surface area (Å²) < 4.78 is 40.4. The van der Waals surface area contributed by atoms with Gasteiger partial charge in [0.15, 0.2) is 0 Å². The Kier molecular flexibility index (Phi) is 5.03. The van der Waals surface area contributed by atoms with E-state index < -0.39 is 17.7 Å². The van der Waals surface area contributed by atoms with Gasteiger partial charge < -0.3 is 5.11 Å². The first-order valence-corrected chi connectivity index (χ1v) is 8.77. The molecule has 2 heterocycles. The molecule has 0 amide bonds. The number of hydrogen-bond acceptors (Lipinski definition) is 4. The molecule has 0 bridgehead atoms. The summed E-state index contributed by atoms with van der Waals surface area (Å²) >= 11 is 7.19. The molecule has 2 unspecified atom stereocenters. The zero-order chi connectivity index (χ0) is 19.1. The van der Waals surface area contributed by atoms with Gasteiger partial charge in [-0.1, -0.05) is 18.5 Å². The second-order valence-corrected chi connectivity index (χ2v) is 7.61. The molecule has 2 aromatic rings. The Bertz CT molecular complexity index is 882. The molecule has 0 aliphatic carbocycles. The largest absolute Gasteiger partial charge is 0.478 e. The third-order valence-electron chi connectivity index (χ3n) is 3.85. The third kappa shape index (κ3) is 4.04. The lowest BCUT2D eigenvalue weighted by molar-refractivity contribution is -0.137. The summed E-state index contributed by atoms with van der Waals surface area (Å²) in [7, 11) is 0. The first-order chi connectivity index (χ1) is 12.1. The lowest BCUT2D eigenvalue weighted by atomic mass is 10.1. The summed E-state index contributed by atoms with van der Waals surface area (Å²) in [5, 5.41) is 13.4. The molecule has 0 saturated heterocycles. The van der Waals surface area contributed by atoms with Crippen molar-refractivity contribution in [2.24, 2.45) is 4.99 Å². The van der Waals surface area contributed by atoms with Crippen LogP contribution in [0.1, 0.15) is 28.4 Å². The minimum Gasteiger partial charge on any atom is -0.478 e. The molecule has 1 aromatic carbocycles. The monoisotopic (exact) mass is 403 g/mol. The maximum absolute atomic E-state index is 13.0. The molecule has 1 aliphatic rings. The number of rotatable bonds is 4. The fourth-order valence-electron chi connectivity index (χ4n) is 2.51. The second kappa shape index (κ2) is 6.96. The maximum atomic E-state index is 13.0. The number of benzene rings is 1. The van der Waals surface area contributed by atoms with Gasteiger partial charge in [-0.3, -0.25) is 9.67 Å². The summed E-state index contributed by atoms with van der Waals surface area (Å²) in [5.41, 5.74) is -0.439. The first kappa shape index (κ1) is 18.8. The molecule has 0 saturated carbocycles. The van der Waals surface area contributed by atoms with E-state index in [0.717, 1.165) is 12.1 Å². The molecule has 1 aliphatic heterocycles. The summed E-state index contributed by atoms with van der Waals surface area (Å²) in [6.07, 6.45) is -1.85. The molecule has 3 rings (SSSR count). The fourth-order valence-corrected chi connectivity index (χ4v) is 3.86. The van der Waals surface area contributed by atoms with Crippen LogP contribution >= 0.6 is 23.4 Å². The minimum atomic E-state index is -4.49. The molecule has 138 valence electrons. The molecule has 5 nitrogen and oxygen atoms in total. The number of aromatic nitrogens is 2. The Morgan fingerprint density at radius 3 is 2.73 bits per heavy atom. The highest BCUT2D eigenvalue weighted by Gasteiger charge is 2.33. The van der Waals surface area contributed by atoms with Gasteiger partial charge in [-0.15, -0.1) is 11.8 Å². The number of carbonyl (C=O) groups is 1. The van der Waals surface area contributed by atoms with E-state index in [9.17, 15) is 18.0 Å². The number of halogens is 4. The van der Waals surface area contributed by atoms with E-state index in [4.69, 9.17) is 16.7 Å². The molecule has 0 radical (unpaired) electrons. The smallest absolute Gasteiger partial charge is 0.416 e. The van der Waals surface area contributed by atoms with E-state index in [1.807, 2.05) is 6.92 Å². The second-order valence-electron chi connectivity index (χ2n) is 5.81. The van der Waals surface area contributed by atoms with Crippen LogP contribution in [0.3, 0.4) is 0 Å². The van der Waals surface area contributed by atoms with Crippen LogP contribution in [0.15, 0.2) is 35.6 Å². The number of carboxylic acid groups (broad SMARTS) is 1. The predicted molar refractivity (Wildman–Crippen MR) is 93.0 cm³/mol. The first-order valence-electron chi connectivity index (χ1n) is 7.52. The van der Waals surface area contributed by atoms with Gasteiger partial charge in [0.25, 0.3) is 0 Å². The van der Waals surface area contributed by atoms with Crippen LogP contribution in [-0.4, -0.2) is 37.2 Å². The average Bonchev–Trinajstić information content (AvgIpc) is 3.14. The Morgan fingerprint density at radius 2 is 2.12 bits per heavy atom. The lowest BCUT2D eigenvalue weighted by Crippen LogP contribution is -2.21. The molecule has 2 atom stereocenters. The Hall–Kier alpha value is -2.00.